The summed E-state index contributed by atoms with van der Waals surface area (Å²) in [5.74, 6) is 0.510. The third-order valence-electron chi connectivity index (χ3n) is 6.01. The van der Waals surface area contributed by atoms with Crippen molar-refractivity contribution in [3.63, 3.8) is 0 Å². The molecule has 4 rings (SSSR count). The van der Waals surface area contributed by atoms with Gasteiger partial charge >= 0.3 is 0 Å². The van der Waals surface area contributed by atoms with E-state index in [0.717, 1.165) is 28.1 Å². The number of aryl methyl sites for hydroxylation is 1. The highest BCUT2D eigenvalue weighted by Crippen LogP contribution is 2.25. The van der Waals surface area contributed by atoms with Crippen molar-refractivity contribution in [1.82, 2.24) is 19.8 Å². The van der Waals surface area contributed by atoms with E-state index in [9.17, 15) is 9.59 Å². The highest BCUT2D eigenvalue weighted by atomic mass is 16.5. The lowest BCUT2D eigenvalue weighted by Crippen LogP contribution is -2.59. The number of carbonyl (C=O) groups excluding carboxylic acids is 2. The number of likely N-dealkylation sites (N-methyl/N-ethyl adjacent to an activating group) is 1. The fourth-order valence-electron chi connectivity index (χ4n) is 4.10. The molecule has 0 radical (unpaired) electrons. The van der Waals surface area contributed by atoms with Gasteiger partial charge in [0.1, 0.15) is 17.5 Å². The first-order valence-corrected chi connectivity index (χ1v) is 11.1. The molecule has 2 aromatic carbocycles. The van der Waals surface area contributed by atoms with Gasteiger partial charge in [0.15, 0.2) is 0 Å². The summed E-state index contributed by atoms with van der Waals surface area (Å²) in [7, 11) is 1.65. The molecule has 1 unspecified atom stereocenters. The summed E-state index contributed by atoms with van der Waals surface area (Å²) in [5, 5.41) is 0. The van der Waals surface area contributed by atoms with Crippen LogP contribution in [0.1, 0.15) is 28.7 Å². The first-order valence-electron chi connectivity index (χ1n) is 11.1. The monoisotopic (exact) mass is 444 g/mol. The molecule has 0 N–H and O–H groups in total. The quantitative estimate of drug-likeness (QED) is 0.583. The summed E-state index contributed by atoms with van der Waals surface area (Å²) in [4.78, 5) is 38.3. The molecule has 1 aliphatic rings. The number of methoxy groups -OCH3 is 1. The molecule has 1 aromatic heterocycles. The van der Waals surface area contributed by atoms with E-state index in [4.69, 9.17) is 4.74 Å². The number of hydrogen-bond acceptors (Lipinski definition) is 5. The summed E-state index contributed by atoms with van der Waals surface area (Å²) in [6.45, 7) is 5.40. The fraction of sp³-hybridized carbons (Fsp3) is 0.308. The first kappa shape index (κ1) is 22.5. The number of ether oxygens (including phenoxy) is 1. The molecule has 7 heteroatoms. The van der Waals surface area contributed by atoms with Crippen molar-refractivity contribution in [2.75, 3.05) is 26.7 Å². The molecule has 1 fully saturated rings. The maximum atomic E-state index is 13.2. The molecule has 2 heterocycles. The van der Waals surface area contributed by atoms with Crippen LogP contribution in [0, 0.1) is 6.92 Å². The van der Waals surface area contributed by atoms with Crippen LogP contribution < -0.4 is 4.74 Å². The van der Waals surface area contributed by atoms with E-state index in [1.165, 1.54) is 6.20 Å². The second kappa shape index (κ2) is 9.81. The molecule has 170 valence electrons. The predicted octanol–water partition coefficient (Wildman–Crippen LogP) is 3.38. The summed E-state index contributed by atoms with van der Waals surface area (Å²) in [6, 6.07) is 15.4. The lowest BCUT2D eigenvalue weighted by molar-refractivity contribution is -0.139. The topological polar surface area (TPSA) is 75.6 Å². The highest BCUT2D eigenvalue weighted by Gasteiger charge is 2.37. The number of aromatic nitrogens is 2. The fourth-order valence-corrected chi connectivity index (χ4v) is 4.10. The largest absolute Gasteiger partial charge is 0.497 e. The van der Waals surface area contributed by atoms with Crippen molar-refractivity contribution < 1.29 is 14.3 Å². The zero-order chi connectivity index (χ0) is 23.4. The molecule has 0 spiro atoms. The molecule has 1 aliphatic heterocycles. The Morgan fingerprint density at radius 3 is 2.52 bits per heavy atom. The Morgan fingerprint density at radius 1 is 1.06 bits per heavy atom. The Kier molecular flexibility index (Phi) is 6.68. The zero-order valence-electron chi connectivity index (χ0n) is 19.2. The molecular weight excluding hydrogens is 416 g/mol. The van der Waals surface area contributed by atoms with Crippen molar-refractivity contribution in [2.45, 2.75) is 26.3 Å². The first-order chi connectivity index (χ1) is 16.0. The molecule has 0 saturated carbocycles. The van der Waals surface area contributed by atoms with Crippen LogP contribution in [0.15, 0.2) is 60.9 Å². The van der Waals surface area contributed by atoms with Crippen molar-refractivity contribution in [1.29, 1.82) is 0 Å². The van der Waals surface area contributed by atoms with E-state index < -0.39 is 6.04 Å². The van der Waals surface area contributed by atoms with E-state index in [0.29, 0.717) is 26.1 Å². The Morgan fingerprint density at radius 2 is 1.85 bits per heavy atom. The third kappa shape index (κ3) is 4.87. The summed E-state index contributed by atoms with van der Waals surface area (Å²) in [5.41, 5.74) is 4.11. The lowest BCUT2D eigenvalue weighted by Gasteiger charge is -2.40. The normalized spacial score (nSPS) is 16.1. The van der Waals surface area contributed by atoms with Crippen LogP contribution in [0.25, 0.3) is 11.1 Å². The molecule has 1 atom stereocenters. The Labute approximate surface area is 194 Å². The van der Waals surface area contributed by atoms with Gasteiger partial charge in [-0.2, -0.15) is 0 Å². The van der Waals surface area contributed by atoms with Gasteiger partial charge in [0, 0.05) is 32.3 Å². The SMILES string of the molecule is CCN1CCN(C(=O)c2cnc(C)cn2)C(Cc2ccc(-c3cccc(OC)c3)cc2)C1=O. The minimum Gasteiger partial charge on any atom is -0.497 e. The molecule has 0 aliphatic carbocycles. The van der Waals surface area contributed by atoms with Crippen molar-refractivity contribution in [3.8, 4) is 16.9 Å². The zero-order valence-corrected chi connectivity index (χ0v) is 19.2. The maximum absolute atomic E-state index is 13.2. The van der Waals surface area contributed by atoms with Gasteiger partial charge in [-0.25, -0.2) is 4.98 Å². The van der Waals surface area contributed by atoms with Crippen LogP contribution in [0.2, 0.25) is 0 Å². The van der Waals surface area contributed by atoms with E-state index in [-0.39, 0.29) is 17.5 Å². The Balaban J connectivity index is 1.57. The van der Waals surface area contributed by atoms with E-state index >= 15 is 0 Å². The number of amides is 2. The molecule has 7 nitrogen and oxygen atoms in total. The highest BCUT2D eigenvalue weighted by molar-refractivity contribution is 5.96. The van der Waals surface area contributed by atoms with Gasteiger partial charge in [0.2, 0.25) is 5.91 Å². The number of piperazine rings is 1. The summed E-state index contributed by atoms with van der Waals surface area (Å²) < 4.78 is 5.32. The average molecular weight is 445 g/mol. The van der Waals surface area contributed by atoms with Crippen molar-refractivity contribution in [3.05, 3.63) is 77.9 Å². The van der Waals surface area contributed by atoms with Crippen LogP contribution in [0.4, 0.5) is 0 Å². The number of nitrogens with zero attached hydrogens (tertiary/aromatic N) is 4. The maximum Gasteiger partial charge on any atom is 0.274 e. The lowest BCUT2D eigenvalue weighted by atomic mass is 9.98. The minimum atomic E-state index is -0.572. The molecule has 1 saturated heterocycles. The number of carbonyl (C=O) groups is 2. The van der Waals surface area contributed by atoms with E-state index in [1.54, 1.807) is 23.1 Å². The number of hydrogen-bond donors (Lipinski definition) is 0. The van der Waals surface area contributed by atoms with Crippen LogP contribution in [-0.4, -0.2) is 64.4 Å². The second-order valence-electron chi connectivity index (χ2n) is 8.11. The number of rotatable bonds is 6. The summed E-state index contributed by atoms with van der Waals surface area (Å²) >= 11 is 0. The third-order valence-corrected chi connectivity index (χ3v) is 6.01. The van der Waals surface area contributed by atoms with E-state index in [1.807, 2.05) is 62.4 Å². The number of benzene rings is 2. The molecule has 0 bridgehead atoms. The average Bonchev–Trinajstić information content (AvgIpc) is 2.85. The molecule has 33 heavy (non-hydrogen) atoms. The van der Waals surface area contributed by atoms with Gasteiger partial charge in [0.25, 0.3) is 5.91 Å². The van der Waals surface area contributed by atoms with Crippen LogP contribution >= 0.6 is 0 Å². The van der Waals surface area contributed by atoms with Gasteiger partial charge in [-0.05, 0) is 42.7 Å². The van der Waals surface area contributed by atoms with Crippen LogP contribution in [0.5, 0.6) is 5.75 Å². The Hall–Kier alpha value is -3.74. The van der Waals surface area contributed by atoms with Crippen LogP contribution in [-0.2, 0) is 11.2 Å². The standard InChI is InChI=1S/C26H28N4O3/c1-4-29-12-13-30(25(31)23-17-27-18(2)16-28-23)24(26(29)32)14-19-8-10-20(11-9-19)21-6-5-7-22(15-21)33-3/h5-11,15-17,24H,4,12-14H2,1-3H3. The van der Waals surface area contributed by atoms with Gasteiger partial charge in [-0.3, -0.25) is 14.6 Å². The second-order valence-corrected chi connectivity index (χ2v) is 8.11. The smallest absolute Gasteiger partial charge is 0.274 e. The minimum absolute atomic E-state index is 0.0333. The molecular formula is C26H28N4O3. The molecule has 2 amide bonds. The molecule has 3 aromatic rings. The van der Waals surface area contributed by atoms with Gasteiger partial charge < -0.3 is 14.5 Å². The van der Waals surface area contributed by atoms with Crippen molar-refractivity contribution >= 4 is 11.8 Å². The Bertz CT molecular complexity index is 1130. The van der Waals surface area contributed by atoms with Crippen LogP contribution in [0.3, 0.4) is 0 Å². The predicted molar refractivity (Wildman–Crippen MR) is 126 cm³/mol. The van der Waals surface area contributed by atoms with Gasteiger partial charge in [-0.15, -0.1) is 0 Å². The van der Waals surface area contributed by atoms with Gasteiger partial charge in [0.05, 0.1) is 19.0 Å². The van der Waals surface area contributed by atoms with Gasteiger partial charge in [-0.1, -0.05) is 36.4 Å². The van der Waals surface area contributed by atoms with Crippen molar-refractivity contribution in [2.24, 2.45) is 0 Å². The summed E-state index contributed by atoms with van der Waals surface area (Å²) in [6.07, 6.45) is 3.50. The van der Waals surface area contributed by atoms with E-state index in [2.05, 4.69) is 9.97 Å².